The molecule has 1 heterocycles. The van der Waals surface area contributed by atoms with Crippen LogP contribution >= 0.6 is 0 Å². The fourth-order valence-corrected chi connectivity index (χ4v) is 9.55. The Morgan fingerprint density at radius 2 is 0.970 bits per heavy atom. The summed E-state index contributed by atoms with van der Waals surface area (Å²) in [6, 6.07) is -0.858. The molecule has 0 aromatic heterocycles. The molecule has 6 N–H and O–H groups in total. The van der Waals surface area contributed by atoms with Gasteiger partial charge in [0, 0.05) is 6.42 Å². The molecule has 392 valence electrons. The van der Waals surface area contributed by atoms with E-state index >= 15 is 0 Å². The van der Waals surface area contributed by atoms with Crippen LogP contribution in [0, 0.1) is 0 Å². The van der Waals surface area contributed by atoms with Crippen molar-refractivity contribution in [2.45, 2.75) is 307 Å². The van der Waals surface area contributed by atoms with Gasteiger partial charge in [-0.2, -0.15) is 8.42 Å². The van der Waals surface area contributed by atoms with Crippen LogP contribution in [-0.2, 0) is 28.9 Å². The Bertz CT molecular complexity index is 1220. The summed E-state index contributed by atoms with van der Waals surface area (Å²) < 4.78 is 47.9. The first-order chi connectivity index (χ1) is 32.0. The summed E-state index contributed by atoms with van der Waals surface area (Å²) in [5.41, 5.74) is 0. The molecule has 0 saturated carbocycles. The van der Waals surface area contributed by atoms with Crippen molar-refractivity contribution in [2.24, 2.45) is 0 Å². The second-order valence-electron chi connectivity index (χ2n) is 19.5. The number of carbonyl (C=O) groups excluding carboxylic acids is 1. The van der Waals surface area contributed by atoms with Gasteiger partial charge in [0.25, 0.3) is 0 Å². The predicted molar refractivity (Wildman–Crippen MR) is 269 cm³/mol. The predicted octanol–water partition coefficient (Wildman–Crippen LogP) is 12.3. The number of allylic oxidation sites excluding steroid dienone is 2. The SMILES string of the molecule is CCCCCCCCCCCC/C=C\CCCCCCCCCC(=O)NC(COC1OC(CO)C(O)C(OS(=O)(=O)O)C1O)C(O)CCCCCCCCCCCCCCCCCCCC. The van der Waals surface area contributed by atoms with Gasteiger partial charge >= 0.3 is 10.4 Å². The Morgan fingerprint density at radius 1 is 0.591 bits per heavy atom. The molecule has 7 atom stereocenters. The minimum absolute atomic E-state index is 0.230. The van der Waals surface area contributed by atoms with E-state index in [4.69, 9.17) is 9.47 Å². The number of nitrogens with one attached hydrogen (secondary N) is 1. The van der Waals surface area contributed by atoms with Gasteiger partial charge in [0.1, 0.15) is 24.4 Å². The van der Waals surface area contributed by atoms with Crippen LogP contribution in [0.4, 0.5) is 0 Å². The van der Waals surface area contributed by atoms with Gasteiger partial charge in [0.15, 0.2) is 6.29 Å². The number of amides is 1. The highest BCUT2D eigenvalue weighted by Gasteiger charge is 2.48. The van der Waals surface area contributed by atoms with E-state index in [-0.39, 0.29) is 18.9 Å². The molecule has 13 heteroatoms. The Morgan fingerprint density at radius 3 is 1.36 bits per heavy atom. The van der Waals surface area contributed by atoms with E-state index < -0.39 is 59.9 Å². The van der Waals surface area contributed by atoms with Crippen molar-refractivity contribution in [1.29, 1.82) is 0 Å². The summed E-state index contributed by atoms with van der Waals surface area (Å²) in [5, 5.41) is 45.1. The second-order valence-corrected chi connectivity index (χ2v) is 20.6. The Balaban J connectivity index is 2.39. The van der Waals surface area contributed by atoms with Crippen LogP contribution in [0.3, 0.4) is 0 Å². The van der Waals surface area contributed by atoms with E-state index in [0.717, 1.165) is 51.4 Å². The maximum absolute atomic E-state index is 13.1. The molecule has 7 unspecified atom stereocenters. The van der Waals surface area contributed by atoms with Crippen molar-refractivity contribution < 1.29 is 51.8 Å². The molecular weight excluding hydrogens is 859 g/mol. The molecule has 0 aromatic carbocycles. The van der Waals surface area contributed by atoms with Crippen molar-refractivity contribution in [2.75, 3.05) is 13.2 Å². The van der Waals surface area contributed by atoms with Gasteiger partial charge in [0.05, 0.1) is 25.4 Å². The zero-order valence-corrected chi connectivity index (χ0v) is 43.1. The van der Waals surface area contributed by atoms with Gasteiger partial charge in [-0.3, -0.25) is 9.35 Å². The zero-order valence-electron chi connectivity index (χ0n) is 42.3. The van der Waals surface area contributed by atoms with Crippen molar-refractivity contribution in [1.82, 2.24) is 5.32 Å². The molecule has 1 aliphatic rings. The largest absolute Gasteiger partial charge is 0.397 e. The molecule has 1 amide bonds. The molecular formula is C53H103NO11S. The highest BCUT2D eigenvalue weighted by atomic mass is 32.3. The van der Waals surface area contributed by atoms with Crippen LogP contribution < -0.4 is 5.32 Å². The minimum Gasteiger partial charge on any atom is -0.394 e. The van der Waals surface area contributed by atoms with E-state index in [9.17, 15) is 38.2 Å². The Hall–Kier alpha value is -1.16. The van der Waals surface area contributed by atoms with E-state index in [1.807, 2.05) is 0 Å². The number of hydrogen-bond acceptors (Lipinski definition) is 10. The van der Waals surface area contributed by atoms with Crippen molar-refractivity contribution in [3.8, 4) is 0 Å². The molecule has 12 nitrogen and oxygen atoms in total. The number of ether oxygens (including phenoxy) is 2. The number of aliphatic hydroxyl groups excluding tert-OH is 4. The minimum atomic E-state index is -5.08. The highest BCUT2D eigenvalue weighted by Crippen LogP contribution is 2.26. The van der Waals surface area contributed by atoms with Crippen molar-refractivity contribution in [3.63, 3.8) is 0 Å². The molecule has 1 saturated heterocycles. The molecule has 0 spiro atoms. The summed E-state index contributed by atoms with van der Waals surface area (Å²) in [4.78, 5) is 13.1. The first kappa shape index (κ1) is 62.9. The average molecular weight is 962 g/mol. The molecule has 0 aliphatic carbocycles. The molecule has 1 aliphatic heterocycles. The number of rotatable bonds is 48. The van der Waals surface area contributed by atoms with Crippen molar-refractivity contribution in [3.05, 3.63) is 12.2 Å². The molecule has 0 radical (unpaired) electrons. The molecule has 0 aromatic rings. The van der Waals surface area contributed by atoms with E-state index in [2.05, 4.69) is 35.5 Å². The highest BCUT2D eigenvalue weighted by molar-refractivity contribution is 7.80. The third-order valence-corrected chi connectivity index (χ3v) is 13.8. The lowest BCUT2D eigenvalue weighted by Gasteiger charge is -2.41. The first-order valence-corrected chi connectivity index (χ1v) is 28.9. The van der Waals surface area contributed by atoms with Gasteiger partial charge in [-0.15, -0.1) is 0 Å². The summed E-state index contributed by atoms with van der Waals surface area (Å²) in [6.45, 7) is 3.48. The van der Waals surface area contributed by atoms with Crippen LogP contribution in [0.1, 0.15) is 264 Å². The van der Waals surface area contributed by atoms with Gasteiger partial charge in [-0.1, -0.05) is 231 Å². The van der Waals surface area contributed by atoms with E-state index in [1.54, 1.807) is 0 Å². The van der Waals surface area contributed by atoms with Gasteiger partial charge in [-0.05, 0) is 38.5 Å². The van der Waals surface area contributed by atoms with Gasteiger partial charge in [0.2, 0.25) is 5.91 Å². The van der Waals surface area contributed by atoms with E-state index in [1.165, 1.54) is 180 Å². The van der Waals surface area contributed by atoms with E-state index in [0.29, 0.717) is 12.8 Å². The van der Waals surface area contributed by atoms with Crippen LogP contribution in [0.15, 0.2) is 12.2 Å². The normalized spacial score (nSPS) is 20.0. The van der Waals surface area contributed by atoms with Crippen LogP contribution in [0.2, 0.25) is 0 Å². The fraction of sp³-hybridized carbons (Fsp3) is 0.943. The summed E-state index contributed by atoms with van der Waals surface area (Å²) in [7, 11) is -5.08. The number of aliphatic hydroxyl groups is 4. The molecule has 1 fully saturated rings. The maximum atomic E-state index is 13.1. The quantitative estimate of drug-likeness (QED) is 0.0193. The first-order valence-electron chi connectivity index (χ1n) is 27.6. The van der Waals surface area contributed by atoms with Gasteiger partial charge in [-0.25, -0.2) is 4.18 Å². The summed E-state index contributed by atoms with van der Waals surface area (Å²) in [5.74, 6) is -0.230. The third-order valence-electron chi connectivity index (χ3n) is 13.3. The maximum Gasteiger partial charge on any atom is 0.397 e. The number of carbonyl (C=O) groups is 1. The monoisotopic (exact) mass is 962 g/mol. The lowest BCUT2D eigenvalue weighted by atomic mass is 9.99. The lowest BCUT2D eigenvalue weighted by molar-refractivity contribution is -0.298. The lowest BCUT2D eigenvalue weighted by Crippen LogP contribution is -2.61. The summed E-state index contributed by atoms with van der Waals surface area (Å²) in [6.07, 6.45) is 42.1. The number of hydrogen-bond donors (Lipinski definition) is 6. The molecule has 66 heavy (non-hydrogen) atoms. The summed E-state index contributed by atoms with van der Waals surface area (Å²) >= 11 is 0. The number of unbranched alkanes of at least 4 members (excludes halogenated alkanes) is 34. The zero-order chi connectivity index (χ0) is 48.4. The van der Waals surface area contributed by atoms with Crippen LogP contribution in [0.25, 0.3) is 0 Å². The van der Waals surface area contributed by atoms with Crippen LogP contribution in [-0.4, -0.2) is 95.4 Å². The molecule has 1 rings (SSSR count). The Labute approximate surface area is 404 Å². The second kappa shape index (κ2) is 43.8. The van der Waals surface area contributed by atoms with Crippen molar-refractivity contribution >= 4 is 16.3 Å². The average Bonchev–Trinajstić information content (AvgIpc) is 3.29. The fourth-order valence-electron chi connectivity index (χ4n) is 9.04. The molecule has 0 bridgehead atoms. The van der Waals surface area contributed by atoms with Gasteiger partial charge < -0.3 is 35.2 Å². The standard InChI is InChI=1S/C53H103NO11S/c1-3-5-7-9-11-13-15-17-19-21-23-24-25-27-29-31-33-35-37-39-41-43-49(57)54-46(45-63-53-51(59)52(65-66(60,61)62)50(58)48(44-55)64-53)47(56)42-40-38-36-34-32-30-28-26-22-20-18-16-14-12-10-8-6-4-2/h24-25,46-48,50-53,55-56,58-59H,3-23,26-45H2,1-2H3,(H,54,57)(H,60,61,62)/b25-24-. The topological polar surface area (TPSA) is 192 Å². The Kier molecular flexibility index (Phi) is 41.7. The van der Waals surface area contributed by atoms with Crippen LogP contribution in [0.5, 0.6) is 0 Å². The smallest absolute Gasteiger partial charge is 0.394 e. The third kappa shape index (κ3) is 35.9.